The van der Waals surface area contributed by atoms with Crippen LogP contribution in [0, 0.1) is 12.8 Å². The quantitative estimate of drug-likeness (QED) is 0.798. The molecule has 0 aliphatic carbocycles. The van der Waals surface area contributed by atoms with Gasteiger partial charge < -0.3 is 10.2 Å². The molecule has 8 nitrogen and oxygen atoms in total. The number of carbonyl (C=O) groups is 1. The van der Waals surface area contributed by atoms with Crippen LogP contribution in [0.4, 0.5) is 0 Å². The zero-order chi connectivity index (χ0) is 19.0. The number of sulfone groups is 1. The van der Waals surface area contributed by atoms with Gasteiger partial charge in [0.25, 0.3) is 0 Å². The van der Waals surface area contributed by atoms with E-state index < -0.39 is 15.8 Å². The standard InChI is InChI=1S/C18H23N5O3S/c1-13-2-4-14(5-3-13)8-19-16-11-27(25,26)10-15(16)18(24)22-6-7-23-17(9-22)20-12-21-23/h2-5,12,15-16,19H,6-11H2,1H3/t15-,16-/m1/s1. The second-order valence-corrected chi connectivity index (χ2v) is 9.47. The molecule has 1 aromatic carbocycles. The van der Waals surface area contributed by atoms with Gasteiger partial charge in [0.2, 0.25) is 5.91 Å². The van der Waals surface area contributed by atoms with Gasteiger partial charge >= 0.3 is 0 Å². The van der Waals surface area contributed by atoms with E-state index in [1.54, 1.807) is 9.58 Å². The highest BCUT2D eigenvalue weighted by Gasteiger charge is 2.43. The third kappa shape index (κ3) is 3.89. The van der Waals surface area contributed by atoms with Crippen LogP contribution in [0.15, 0.2) is 30.6 Å². The average molecular weight is 389 g/mol. The number of nitrogens with one attached hydrogen (secondary N) is 1. The first kappa shape index (κ1) is 18.1. The second-order valence-electron chi connectivity index (χ2n) is 7.32. The Morgan fingerprint density at radius 2 is 2.00 bits per heavy atom. The summed E-state index contributed by atoms with van der Waals surface area (Å²) < 4.78 is 26.2. The minimum atomic E-state index is -3.23. The van der Waals surface area contributed by atoms with Gasteiger partial charge in [0.05, 0.1) is 30.5 Å². The molecule has 2 aliphatic rings. The van der Waals surface area contributed by atoms with Crippen molar-refractivity contribution in [1.29, 1.82) is 0 Å². The molecule has 0 unspecified atom stereocenters. The molecule has 27 heavy (non-hydrogen) atoms. The van der Waals surface area contributed by atoms with E-state index in [2.05, 4.69) is 15.4 Å². The molecular formula is C18H23N5O3S. The first-order valence-electron chi connectivity index (χ1n) is 9.06. The highest BCUT2D eigenvalue weighted by atomic mass is 32.2. The van der Waals surface area contributed by atoms with Crippen molar-refractivity contribution in [3.8, 4) is 0 Å². The summed E-state index contributed by atoms with van der Waals surface area (Å²) in [6.07, 6.45) is 1.48. The van der Waals surface area contributed by atoms with Gasteiger partial charge in [-0.1, -0.05) is 29.8 Å². The Kier molecular flexibility index (Phi) is 4.73. The molecule has 3 heterocycles. The molecule has 1 aromatic heterocycles. The highest BCUT2D eigenvalue weighted by Crippen LogP contribution is 2.24. The van der Waals surface area contributed by atoms with Crippen LogP contribution in [0.3, 0.4) is 0 Å². The summed E-state index contributed by atoms with van der Waals surface area (Å²) in [4.78, 5) is 18.9. The lowest BCUT2D eigenvalue weighted by Crippen LogP contribution is -2.48. The van der Waals surface area contributed by atoms with Crippen LogP contribution in [-0.4, -0.2) is 58.1 Å². The molecule has 1 fully saturated rings. The molecular weight excluding hydrogens is 366 g/mol. The maximum absolute atomic E-state index is 13.1. The van der Waals surface area contributed by atoms with E-state index in [0.29, 0.717) is 26.2 Å². The lowest BCUT2D eigenvalue weighted by Gasteiger charge is -2.30. The smallest absolute Gasteiger partial charge is 0.228 e. The number of benzene rings is 1. The first-order valence-corrected chi connectivity index (χ1v) is 10.9. The maximum atomic E-state index is 13.1. The largest absolute Gasteiger partial charge is 0.333 e. The third-order valence-electron chi connectivity index (χ3n) is 5.28. The molecule has 0 radical (unpaired) electrons. The van der Waals surface area contributed by atoms with Crippen LogP contribution in [0.5, 0.6) is 0 Å². The molecule has 1 amide bonds. The van der Waals surface area contributed by atoms with Gasteiger partial charge in [-0.15, -0.1) is 0 Å². The van der Waals surface area contributed by atoms with Gasteiger partial charge in [0.1, 0.15) is 12.2 Å². The van der Waals surface area contributed by atoms with Gasteiger partial charge in [-0.25, -0.2) is 18.1 Å². The van der Waals surface area contributed by atoms with Crippen molar-refractivity contribution >= 4 is 15.7 Å². The van der Waals surface area contributed by atoms with E-state index in [9.17, 15) is 13.2 Å². The minimum Gasteiger partial charge on any atom is -0.333 e. The van der Waals surface area contributed by atoms with Crippen molar-refractivity contribution in [1.82, 2.24) is 25.0 Å². The molecule has 2 aliphatic heterocycles. The molecule has 9 heteroatoms. The van der Waals surface area contributed by atoms with Crippen molar-refractivity contribution in [3.63, 3.8) is 0 Å². The highest BCUT2D eigenvalue weighted by molar-refractivity contribution is 7.91. The van der Waals surface area contributed by atoms with Crippen LogP contribution in [-0.2, 0) is 34.3 Å². The van der Waals surface area contributed by atoms with Gasteiger partial charge in [0.15, 0.2) is 9.84 Å². The fraction of sp³-hybridized carbons (Fsp3) is 0.500. The molecule has 1 saturated heterocycles. The summed E-state index contributed by atoms with van der Waals surface area (Å²) in [6, 6.07) is 7.70. The average Bonchev–Trinajstić information content (AvgIpc) is 3.23. The topological polar surface area (TPSA) is 97.2 Å². The molecule has 2 atom stereocenters. The van der Waals surface area contributed by atoms with Crippen molar-refractivity contribution in [3.05, 3.63) is 47.5 Å². The summed E-state index contributed by atoms with van der Waals surface area (Å²) in [5.74, 6) is -0.0406. The van der Waals surface area contributed by atoms with Crippen molar-refractivity contribution < 1.29 is 13.2 Å². The monoisotopic (exact) mass is 389 g/mol. The number of aryl methyl sites for hydroxylation is 1. The number of aromatic nitrogens is 3. The van der Waals surface area contributed by atoms with Gasteiger partial charge in [0, 0.05) is 19.1 Å². The zero-order valence-electron chi connectivity index (χ0n) is 15.2. The molecule has 2 aromatic rings. The zero-order valence-corrected chi connectivity index (χ0v) is 16.0. The number of fused-ring (bicyclic) bond motifs is 1. The molecule has 0 spiro atoms. The lowest BCUT2D eigenvalue weighted by molar-refractivity contribution is -0.137. The Morgan fingerprint density at radius 3 is 2.78 bits per heavy atom. The number of carbonyl (C=O) groups excluding carboxylic acids is 1. The van der Waals surface area contributed by atoms with E-state index in [1.807, 2.05) is 31.2 Å². The Bertz CT molecular complexity index is 938. The van der Waals surface area contributed by atoms with E-state index in [1.165, 1.54) is 11.9 Å². The van der Waals surface area contributed by atoms with Gasteiger partial charge in [-0.3, -0.25) is 4.79 Å². The van der Waals surface area contributed by atoms with Crippen LogP contribution in [0.1, 0.15) is 17.0 Å². The fourth-order valence-corrected chi connectivity index (χ4v) is 5.69. The Balaban J connectivity index is 1.46. The van der Waals surface area contributed by atoms with E-state index >= 15 is 0 Å². The van der Waals surface area contributed by atoms with E-state index in [-0.39, 0.29) is 23.5 Å². The Labute approximate surface area is 158 Å². The molecule has 4 rings (SSSR count). The summed E-state index contributed by atoms with van der Waals surface area (Å²) in [5.41, 5.74) is 2.25. The third-order valence-corrected chi connectivity index (χ3v) is 7.01. The molecule has 0 bridgehead atoms. The van der Waals surface area contributed by atoms with Crippen LogP contribution < -0.4 is 5.32 Å². The molecule has 144 valence electrons. The number of hydrogen-bond donors (Lipinski definition) is 1. The van der Waals surface area contributed by atoms with Crippen molar-refractivity contribution in [2.45, 2.75) is 32.6 Å². The summed E-state index contributed by atoms with van der Waals surface area (Å²) in [7, 11) is -3.23. The minimum absolute atomic E-state index is 0.000704. The van der Waals surface area contributed by atoms with Crippen LogP contribution in [0.2, 0.25) is 0 Å². The lowest BCUT2D eigenvalue weighted by atomic mass is 10.0. The summed E-state index contributed by atoms with van der Waals surface area (Å²) in [5, 5.41) is 7.41. The van der Waals surface area contributed by atoms with Crippen molar-refractivity contribution in [2.75, 3.05) is 18.1 Å². The molecule has 1 N–H and O–H groups in total. The van der Waals surface area contributed by atoms with Crippen LogP contribution >= 0.6 is 0 Å². The molecule has 0 saturated carbocycles. The van der Waals surface area contributed by atoms with Crippen LogP contribution in [0.25, 0.3) is 0 Å². The summed E-state index contributed by atoms with van der Waals surface area (Å²) >= 11 is 0. The number of amides is 1. The number of nitrogens with zero attached hydrogens (tertiary/aromatic N) is 4. The maximum Gasteiger partial charge on any atom is 0.228 e. The Hall–Kier alpha value is -2.26. The number of rotatable bonds is 4. The predicted octanol–water partition coefficient (Wildman–Crippen LogP) is 0.132. The van der Waals surface area contributed by atoms with Gasteiger partial charge in [-0.2, -0.15) is 5.10 Å². The normalized spacial score (nSPS) is 24.0. The van der Waals surface area contributed by atoms with Crippen molar-refractivity contribution in [2.24, 2.45) is 5.92 Å². The van der Waals surface area contributed by atoms with E-state index in [4.69, 9.17) is 0 Å². The second kappa shape index (κ2) is 7.05. The first-order chi connectivity index (χ1) is 12.9. The van der Waals surface area contributed by atoms with E-state index in [0.717, 1.165) is 11.4 Å². The fourth-order valence-electron chi connectivity index (χ4n) is 3.73. The Morgan fingerprint density at radius 1 is 1.22 bits per heavy atom. The predicted molar refractivity (Wildman–Crippen MR) is 99.4 cm³/mol. The number of hydrogen-bond acceptors (Lipinski definition) is 6. The summed E-state index contributed by atoms with van der Waals surface area (Å²) in [6.45, 7) is 4.05. The van der Waals surface area contributed by atoms with Gasteiger partial charge in [-0.05, 0) is 12.5 Å². The SMILES string of the molecule is Cc1ccc(CN[C@@H]2CS(=O)(=O)C[C@H]2C(=O)N2CCn3ncnc3C2)cc1.